The molecule has 0 aliphatic rings. The van der Waals surface area contributed by atoms with Crippen molar-refractivity contribution >= 4 is 10.1 Å². The summed E-state index contributed by atoms with van der Waals surface area (Å²) in [5, 5.41) is 2.47. The molecule has 0 fully saturated rings. The molecule has 0 aromatic rings. The maximum Gasteiger partial charge on any atom is 0.278 e. The molecule has 0 aliphatic carbocycles. The fourth-order valence-electron chi connectivity index (χ4n) is 0.326. The molecule has 2 N–H and O–H groups in total. The van der Waals surface area contributed by atoms with Crippen molar-refractivity contribution in [3.8, 4) is 0 Å². The zero-order valence-electron chi connectivity index (χ0n) is 5.00. The van der Waals surface area contributed by atoms with Crippen molar-refractivity contribution in [3.63, 3.8) is 0 Å². The number of hydrogen-bond acceptors (Lipinski definition) is 3. The predicted molar refractivity (Wildman–Crippen MR) is 34.4 cm³/mol. The van der Waals surface area contributed by atoms with E-state index in [0.29, 0.717) is 13.0 Å². The van der Waals surface area contributed by atoms with Gasteiger partial charge in [0.05, 0.1) is 0 Å². The molecule has 0 saturated carbocycles. The summed E-state index contributed by atoms with van der Waals surface area (Å²) in [7, 11) is -3.84. The van der Waals surface area contributed by atoms with E-state index in [9.17, 15) is 8.42 Å². The molecule has 0 unspecified atom stereocenters. The van der Waals surface area contributed by atoms with Crippen LogP contribution in [0.3, 0.4) is 0 Å². The average molecular weight is 152 g/mol. The van der Waals surface area contributed by atoms with Crippen LogP contribution in [0.2, 0.25) is 0 Å². The zero-order valence-corrected chi connectivity index (χ0v) is 5.82. The Morgan fingerprint density at radius 3 is 2.44 bits per heavy atom. The van der Waals surface area contributed by atoms with E-state index < -0.39 is 10.1 Å². The van der Waals surface area contributed by atoms with Gasteiger partial charge in [0.15, 0.2) is 0 Å². The van der Waals surface area contributed by atoms with Crippen LogP contribution in [0.5, 0.6) is 0 Å². The number of rotatable bonds is 4. The van der Waals surface area contributed by atoms with Crippen molar-refractivity contribution in [3.05, 3.63) is 6.92 Å². The minimum absolute atomic E-state index is 0.386. The minimum Gasteiger partial charge on any atom is -0.302 e. The molecule has 9 heavy (non-hydrogen) atoms. The maximum absolute atomic E-state index is 9.98. The van der Waals surface area contributed by atoms with Crippen LogP contribution in [0.4, 0.5) is 0 Å². The first-order valence-corrected chi connectivity index (χ1v) is 4.12. The van der Waals surface area contributed by atoms with Gasteiger partial charge in [-0.2, -0.15) is 8.42 Å². The second-order valence-corrected chi connectivity index (χ2v) is 3.03. The van der Waals surface area contributed by atoms with E-state index in [-0.39, 0.29) is 5.88 Å². The Labute approximate surface area is 55.0 Å². The molecule has 0 spiro atoms. The van der Waals surface area contributed by atoms with Gasteiger partial charge in [-0.1, -0.05) is 6.92 Å². The quantitative estimate of drug-likeness (QED) is 0.426. The van der Waals surface area contributed by atoms with Gasteiger partial charge in [-0.15, -0.1) is 0 Å². The molecule has 4 nitrogen and oxygen atoms in total. The van der Waals surface area contributed by atoms with Gasteiger partial charge < -0.3 is 5.32 Å². The van der Waals surface area contributed by atoms with Crippen LogP contribution in [-0.2, 0) is 10.1 Å². The van der Waals surface area contributed by atoms with Crippen molar-refractivity contribution in [1.82, 2.24) is 5.32 Å². The summed E-state index contributed by atoms with van der Waals surface area (Å²) in [6.07, 6.45) is 0.607. The summed E-state index contributed by atoms with van der Waals surface area (Å²) in [6, 6.07) is 0. The van der Waals surface area contributed by atoms with E-state index >= 15 is 0 Å². The highest BCUT2D eigenvalue weighted by Crippen LogP contribution is 1.76. The van der Waals surface area contributed by atoms with Gasteiger partial charge in [0.25, 0.3) is 10.1 Å². The van der Waals surface area contributed by atoms with Crippen LogP contribution >= 0.6 is 0 Å². The van der Waals surface area contributed by atoms with Gasteiger partial charge in [-0.3, -0.25) is 4.55 Å². The summed E-state index contributed by atoms with van der Waals surface area (Å²) in [6.45, 7) is 3.97. The molecule has 0 atom stereocenters. The first-order chi connectivity index (χ1) is 4.06. The van der Waals surface area contributed by atoms with E-state index in [0.717, 1.165) is 0 Å². The van der Waals surface area contributed by atoms with Gasteiger partial charge in [-0.05, 0) is 13.0 Å². The average Bonchev–Trinajstić information content (AvgIpc) is 1.63. The molecule has 1 radical (unpaired) electrons. The highest BCUT2D eigenvalue weighted by Gasteiger charge is 2.00. The summed E-state index contributed by atoms with van der Waals surface area (Å²) in [5.41, 5.74) is 0. The fraction of sp³-hybridized carbons (Fsp3) is 0.750. The van der Waals surface area contributed by atoms with Gasteiger partial charge in [0.2, 0.25) is 0 Å². The van der Waals surface area contributed by atoms with Crippen molar-refractivity contribution in [2.45, 2.75) is 6.42 Å². The van der Waals surface area contributed by atoms with Gasteiger partial charge in [0, 0.05) is 0 Å². The molecule has 0 aliphatic heterocycles. The standard InChI is InChI=1S/C4H10NO3S/c1-2-3-5-4-9(6,7)8/h5H,1-4H2,(H,6,7,8). The third kappa shape index (κ3) is 7.87. The Morgan fingerprint density at radius 2 is 2.11 bits per heavy atom. The molecule has 0 rings (SSSR count). The molecule has 0 aromatic heterocycles. The van der Waals surface area contributed by atoms with Crippen LogP contribution in [0.1, 0.15) is 6.42 Å². The summed E-state index contributed by atoms with van der Waals surface area (Å²) >= 11 is 0. The smallest absolute Gasteiger partial charge is 0.278 e. The second-order valence-electron chi connectivity index (χ2n) is 1.58. The molecular weight excluding hydrogens is 142 g/mol. The fourth-order valence-corrected chi connectivity index (χ4v) is 0.728. The first-order valence-electron chi connectivity index (χ1n) is 2.51. The van der Waals surface area contributed by atoms with Crippen molar-refractivity contribution in [2.24, 2.45) is 0 Å². The first kappa shape index (κ1) is 8.87. The molecule has 0 amide bonds. The SMILES string of the molecule is [CH2]CCNCS(=O)(=O)O. The topological polar surface area (TPSA) is 66.4 Å². The predicted octanol–water partition coefficient (Wildman–Crippen LogP) is -0.355. The Kier molecular flexibility index (Phi) is 3.76. The van der Waals surface area contributed by atoms with Crippen LogP contribution in [-0.4, -0.2) is 25.4 Å². The minimum atomic E-state index is -3.84. The molecule has 0 heterocycles. The maximum atomic E-state index is 9.98. The normalized spacial score (nSPS) is 11.8. The summed E-state index contributed by atoms with van der Waals surface area (Å²) in [4.78, 5) is 0. The molecule has 0 aromatic carbocycles. The Balaban J connectivity index is 3.30. The third-order valence-electron chi connectivity index (χ3n) is 0.638. The number of nitrogens with one attached hydrogen (secondary N) is 1. The second kappa shape index (κ2) is 3.81. The lowest BCUT2D eigenvalue weighted by atomic mass is 10.5. The van der Waals surface area contributed by atoms with Crippen LogP contribution in [0.15, 0.2) is 0 Å². The highest BCUT2D eigenvalue weighted by molar-refractivity contribution is 7.85. The van der Waals surface area contributed by atoms with E-state index in [1.54, 1.807) is 0 Å². The van der Waals surface area contributed by atoms with Crippen LogP contribution in [0.25, 0.3) is 0 Å². The molecular formula is C4H10NO3S. The van der Waals surface area contributed by atoms with E-state index in [1.165, 1.54) is 0 Å². The Morgan fingerprint density at radius 1 is 1.56 bits per heavy atom. The monoisotopic (exact) mass is 152 g/mol. The summed E-state index contributed by atoms with van der Waals surface area (Å²) < 4.78 is 28.1. The van der Waals surface area contributed by atoms with E-state index in [4.69, 9.17) is 4.55 Å². The largest absolute Gasteiger partial charge is 0.302 e. The molecule has 5 heteroatoms. The lowest BCUT2D eigenvalue weighted by Crippen LogP contribution is -2.22. The van der Waals surface area contributed by atoms with Crippen LogP contribution < -0.4 is 5.32 Å². The molecule has 55 valence electrons. The van der Waals surface area contributed by atoms with Crippen molar-refractivity contribution in [1.29, 1.82) is 0 Å². The van der Waals surface area contributed by atoms with Crippen molar-refractivity contribution < 1.29 is 13.0 Å². The van der Waals surface area contributed by atoms with E-state index in [2.05, 4.69) is 12.2 Å². The molecule has 0 saturated heterocycles. The summed E-state index contributed by atoms with van der Waals surface area (Å²) in [5.74, 6) is -0.386. The van der Waals surface area contributed by atoms with Gasteiger partial charge in [0.1, 0.15) is 5.88 Å². The number of hydrogen-bond donors (Lipinski definition) is 2. The Hall–Kier alpha value is -0.130. The van der Waals surface area contributed by atoms with Gasteiger partial charge >= 0.3 is 0 Å². The van der Waals surface area contributed by atoms with Gasteiger partial charge in [-0.25, -0.2) is 0 Å². The lowest BCUT2D eigenvalue weighted by molar-refractivity contribution is 0.476. The molecule has 0 bridgehead atoms. The zero-order chi connectivity index (χ0) is 7.33. The highest BCUT2D eigenvalue weighted by atomic mass is 32.2. The van der Waals surface area contributed by atoms with E-state index in [1.807, 2.05) is 0 Å². The van der Waals surface area contributed by atoms with Crippen LogP contribution in [0, 0.1) is 6.92 Å². The Bertz CT molecular complexity index is 151. The lowest BCUT2D eigenvalue weighted by Gasteiger charge is -1.96. The van der Waals surface area contributed by atoms with Crippen molar-refractivity contribution in [2.75, 3.05) is 12.4 Å². The third-order valence-corrected chi connectivity index (χ3v) is 1.21.